The number of amides is 1. The van der Waals surface area contributed by atoms with E-state index in [9.17, 15) is 4.79 Å². The number of hydrogen-bond donors (Lipinski definition) is 2. The Morgan fingerprint density at radius 2 is 2.05 bits per heavy atom. The normalized spacial score (nSPS) is 23.6. The molecule has 20 heavy (non-hydrogen) atoms. The summed E-state index contributed by atoms with van der Waals surface area (Å²) in [6.07, 6.45) is 2.95. The Kier molecular flexibility index (Phi) is 4.81. The highest BCUT2D eigenvalue weighted by Gasteiger charge is 2.39. The standard InChI is InChI=1S/C17H26N2O/c1-4-13(3)14-6-8-15(9-7-14)19-16(20)17(5-2)10-11-18-12-17/h6-9,13,18H,4-5,10-12H2,1-3H3,(H,19,20). The van der Waals surface area contributed by atoms with E-state index in [-0.39, 0.29) is 11.3 Å². The lowest BCUT2D eigenvalue weighted by Gasteiger charge is -2.25. The predicted molar refractivity (Wildman–Crippen MR) is 84.0 cm³/mol. The summed E-state index contributed by atoms with van der Waals surface area (Å²) < 4.78 is 0. The second-order valence-electron chi connectivity index (χ2n) is 5.95. The first kappa shape index (κ1) is 15.0. The summed E-state index contributed by atoms with van der Waals surface area (Å²) in [5.74, 6) is 0.724. The van der Waals surface area contributed by atoms with Crippen LogP contribution < -0.4 is 10.6 Å². The van der Waals surface area contributed by atoms with Crippen LogP contribution in [-0.2, 0) is 4.79 Å². The van der Waals surface area contributed by atoms with Crippen molar-refractivity contribution in [3.05, 3.63) is 29.8 Å². The highest BCUT2D eigenvalue weighted by atomic mass is 16.2. The van der Waals surface area contributed by atoms with Crippen molar-refractivity contribution in [1.82, 2.24) is 5.32 Å². The second kappa shape index (κ2) is 6.40. The quantitative estimate of drug-likeness (QED) is 0.862. The Labute approximate surface area is 122 Å². The molecule has 0 bridgehead atoms. The summed E-state index contributed by atoms with van der Waals surface area (Å²) in [7, 11) is 0. The van der Waals surface area contributed by atoms with Gasteiger partial charge in [-0.1, -0.05) is 32.9 Å². The molecular weight excluding hydrogens is 248 g/mol. The minimum absolute atomic E-state index is 0.154. The number of carbonyl (C=O) groups excluding carboxylic acids is 1. The van der Waals surface area contributed by atoms with Crippen LogP contribution in [0.25, 0.3) is 0 Å². The fraction of sp³-hybridized carbons (Fsp3) is 0.588. The third-order valence-electron chi connectivity index (χ3n) is 4.75. The molecule has 1 fully saturated rings. The average Bonchev–Trinajstić information content (AvgIpc) is 2.97. The zero-order chi connectivity index (χ0) is 14.6. The lowest BCUT2D eigenvalue weighted by molar-refractivity contribution is -0.124. The highest BCUT2D eigenvalue weighted by Crippen LogP contribution is 2.31. The third-order valence-corrected chi connectivity index (χ3v) is 4.75. The predicted octanol–water partition coefficient (Wildman–Crippen LogP) is 3.53. The van der Waals surface area contributed by atoms with Gasteiger partial charge < -0.3 is 10.6 Å². The minimum Gasteiger partial charge on any atom is -0.326 e. The van der Waals surface area contributed by atoms with Crippen molar-refractivity contribution in [2.45, 2.75) is 46.0 Å². The largest absolute Gasteiger partial charge is 0.326 e. The van der Waals surface area contributed by atoms with E-state index in [0.717, 1.165) is 38.0 Å². The van der Waals surface area contributed by atoms with E-state index < -0.39 is 0 Å². The van der Waals surface area contributed by atoms with Gasteiger partial charge in [0.25, 0.3) is 0 Å². The molecule has 3 heteroatoms. The molecule has 0 aliphatic carbocycles. The minimum atomic E-state index is -0.227. The van der Waals surface area contributed by atoms with Gasteiger partial charge in [-0.25, -0.2) is 0 Å². The van der Waals surface area contributed by atoms with E-state index in [2.05, 4.69) is 43.5 Å². The molecule has 1 aliphatic rings. The van der Waals surface area contributed by atoms with Crippen LogP contribution in [0.2, 0.25) is 0 Å². The van der Waals surface area contributed by atoms with E-state index in [0.29, 0.717) is 5.92 Å². The monoisotopic (exact) mass is 274 g/mol. The van der Waals surface area contributed by atoms with Gasteiger partial charge in [0.15, 0.2) is 0 Å². The van der Waals surface area contributed by atoms with E-state index in [1.54, 1.807) is 0 Å². The van der Waals surface area contributed by atoms with Gasteiger partial charge in [0.2, 0.25) is 5.91 Å². The van der Waals surface area contributed by atoms with Crippen LogP contribution in [0.15, 0.2) is 24.3 Å². The zero-order valence-corrected chi connectivity index (χ0v) is 12.8. The molecule has 2 atom stereocenters. The molecule has 3 nitrogen and oxygen atoms in total. The van der Waals surface area contributed by atoms with Gasteiger partial charge in [-0.05, 0) is 49.4 Å². The highest BCUT2D eigenvalue weighted by molar-refractivity contribution is 5.95. The Bertz CT molecular complexity index is 447. The van der Waals surface area contributed by atoms with Gasteiger partial charge in [-0.3, -0.25) is 4.79 Å². The van der Waals surface area contributed by atoms with Crippen molar-refractivity contribution in [2.24, 2.45) is 5.41 Å². The lowest BCUT2D eigenvalue weighted by atomic mass is 9.83. The van der Waals surface area contributed by atoms with Crippen LogP contribution >= 0.6 is 0 Å². The lowest BCUT2D eigenvalue weighted by Crippen LogP contribution is -2.37. The summed E-state index contributed by atoms with van der Waals surface area (Å²) in [6, 6.07) is 8.28. The molecule has 1 aromatic rings. The van der Waals surface area contributed by atoms with E-state index in [1.807, 2.05) is 12.1 Å². The molecule has 2 unspecified atom stereocenters. The topological polar surface area (TPSA) is 41.1 Å². The van der Waals surface area contributed by atoms with E-state index in [4.69, 9.17) is 0 Å². The Balaban J connectivity index is 2.04. The molecular formula is C17H26N2O. The van der Waals surface area contributed by atoms with Crippen LogP contribution in [0.5, 0.6) is 0 Å². The molecule has 1 saturated heterocycles. The molecule has 110 valence electrons. The number of hydrogen-bond acceptors (Lipinski definition) is 2. The van der Waals surface area contributed by atoms with Crippen LogP contribution in [0.3, 0.4) is 0 Å². The Hall–Kier alpha value is -1.35. The SMILES string of the molecule is CCC(C)c1ccc(NC(=O)C2(CC)CCNC2)cc1. The van der Waals surface area contributed by atoms with Gasteiger partial charge in [0, 0.05) is 12.2 Å². The molecule has 1 heterocycles. The number of nitrogens with one attached hydrogen (secondary N) is 2. The average molecular weight is 274 g/mol. The summed E-state index contributed by atoms with van der Waals surface area (Å²) >= 11 is 0. The summed E-state index contributed by atoms with van der Waals surface area (Å²) in [5.41, 5.74) is 2.01. The van der Waals surface area contributed by atoms with Crippen LogP contribution in [-0.4, -0.2) is 19.0 Å². The number of anilines is 1. The van der Waals surface area contributed by atoms with Gasteiger partial charge in [0.05, 0.1) is 5.41 Å². The van der Waals surface area contributed by atoms with Crippen molar-refractivity contribution in [2.75, 3.05) is 18.4 Å². The van der Waals surface area contributed by atoms with Gasteiger partial charge >= 0.3 is 0 Å². The number of carbonyl (C=O) groups is 1. The maximum atomic E-state index is 12.5. The molecule has 2 N–H and O–H groups in total. The van der Waals surface area contributed by atoms with E-state index in [1.165, 1.54) is 5.56 Å². The summed E-state index contributed by atoms with van der Waals surface area (Å²) in [5, 5.41) is 6.38. The van der Waals surface area contributed by atoms with Crippen molar-refractivity contribution in [3.8, 4) is 0 Å². The first-order valence-corrected chi connectivity index (χ1v) is 7.73. The molecule has 0 aromatic heterocycles. The molecule has 2 rings (SSSR count). The van der Waals surface area contributed by atoms with E-state index >= 15 is 0 Å². The Morgan fingerprint density at radius 1 is 1.35 bits per heavy atom. The third kappa shape index (κ3) is 3.04. The summed E-state index contributed by atoms with van der Waals surface area (Å²) in [6.45, 7) is 8.25. The van der Waals surface area contributed by atoms with Crippen molar-refractivity contribution < 1.29 is 4.79 Å². The second-order valence-corrected chi connectivity index (χ2v) is 5.95. The number of rotatable bonds is 5. The molecule has 0 saturated carbocycles. The van der Waals surface area contributed by atoms with Crippen molar-refractivity contribution in [3.63, 3.8) is 0 Å². The fourth-order valence-corrected chi connectivity index (χ4v) is 2.79. The molecule has 1 aliphatic heterocycles. The number of benzene rings is 1. The van der Waals surface area contributed by atoms with Crippen molar-refractivity contribution in [1.29, 1.82) is 0 Å². The summed E-state index contributed by atoms with van der Waals surface area (Å²) in [4.78, 5) is 12.5. The maximum absolute atomic E-state index is 12.5. The molecule has 0 radical (unpaired) electrons. The van der Waals surface area contributed by atoms with Gasteiger partial charge in [-0.15, -0.1) is 0 Å². The van der Waals surface area contributed by atoms with Gasteiger partial charge in [0.1, 0.15) is 0 Å². The smallest absolute Gasteiger partial charge is 0.231 e. The molecule has 1 aromatic carbocycles. The zero-order valence-electron chi connectivity index (χ0n) is 12.8. The van der Waals surface area contributed by atoms with Gasteiger partial charge in [-0.2, -0.15) is 0 Å². The first-order valence-electron chi connectivity index (χ1n) is 7.73. The van der Waals surface area contributed by atoms with Crippen LogP contribution in [0, 0.1) is 5.41 Å². The maximum Gasteiger partial charge on any atom is 0.231 e. The first-order chi connectivity index (χ1) is 9.61. The molecule has 1 amide bonds. The molecule has 0 spiro atoms. The van der Waals surface area contributed by atoms with Crippen molar-refractivity contribution >= 4 is 11.6 Å². The fourth-order valence-electron chi connectivity index (χ4n) is 2.79. The Morgan fingerprint density at radius 3 is 2.55 bits per heavy atom. The van der Waals surface area contributed by atoms with Crippen LogP contribution in [0.1, 0.15) is 51.5 Å². The van der Waals surface area contributed by atoms with Crippen LogP contribution in [0.4, 0.5) is 5.69 Å².